The van der Waals surface area contributed by atoms with Crippen molar-refractivity contribution in [2.45, 2.75) is 31.8 Å². The standard InChI is InChI=1S/C15H21NO3/c17-14(15(18)19)13-6-4-12(5-7-13)8-11-16-9-2-1-3-10-16/h4-7,14,17H,1-3,8-11H2,(H,18,19). The van der Waals surface area contributed by atoms with E-state index in [2.05, 4.69) is 4.90 Å². The van der Waals surface area contributed by atoms with Crippen molar-refractivity contribution in [3.8, 4) is 0 Å². The molecule has 0 radical (unpaired) electrons. The fourth-order valence-corrected chi connectivity index (χ4v) is 2.48. The molecule has 4 nitrogen and oxygen atoms in total. The van der Waals surface area contributed by atoms with E-state index in [0.717, 1.165) is 13.0 Å². The summed E-state index contributed by atoms with van der Waals surface area (Å²) >= 11 is 0. The number of carboxylic acid groups (broad SMARTS) is 1. The normalized spacial score (nSPS) is 18.2. The van der Waals surface area contributed by atoms with Crippen molar-refractivity contribution in [3.05, 3.63) is 35.4 Å². The van der Waals surface area contributed by atoms with Crippen LogP contribution in [0.5, 0.6) is 0 Å². The highest BCUT2D eigenvalue weighted by Crippen LogP contribution is 2.15. The molecule has 2 N–H and O–H groups in total. The van der Waals surface area contributed by atoms with E-state index in [4.69, 9.17) is 5.11 Å². The lowest BCUT2D eigenvalue weighted by molar-refractivity contribution is -0.146. The number of hydrogen-bond donors (Lipinski definition) is 2. The van der Waals surface area contributed by atoms with E-state index in [-0.39, 0.29) is 0 Å². The minimum atomic E-state index is -1.42. The molecule has 1 saturated heterocycles. The lowest BCUT2D eigenvalue weighted by Crippen LogP contribution is -2.31. The summed E-state index contributed by atoms with van der Waals surface area (Å²) in [6.45, 7) is 3.44. The van der Waals surface area contributed by atoms with E-state index in [1.54, 1.807) is 12.1 Å². The van der Waals surface area contributed by atoms with Gasteiger partial charge in [0.1, 0.15) is 0 Å². The van der Waals surface area contributed by atoms with E-state index in [1.165, 1.54) is 37.9 Å². The molecule has 1 aliphatic heterocycles. The fraction of sp³-hybridized carbons (Fsp3) is 0.533. The van der Waals surface area contributed by atoms with Gasteiger partial charge in [-0.2, -0.15) is 0 Å². The van der Waals surface area contributed by atoms with Crippen LogP contribution < -0.4 is 0 Å². The number of piperidine rings is 1. The second-order valence-corrected chi connectivity index (χ2v) is 5.13. The second-order valence-electron chi connectivity index (χ2n) is 5.13. The molecule has 1 atom stereocenters. The fourth-order valence-electron chi connectivity index (χ4n) is 2.48. The first kappa shape index (κ1) is 14.0. The Kier molecular flexibility index (Phi) is 4.93. The number of rotatable bonds is 5. The van der Waals surface area contributed by atoms with Gasteiger partial charge in [0, 0.05) is 6.54 Å². The van der Waals surface area contributed by atoms with Gasteiger partial charge in [0.2, 0.25) is 0 Å². The maximum atomic E-state index is 10.7. The number of benzene rings is 1. The van der Waals surface area contributed by atoms with Crippen molar-refractivity contribution in [3.63, 3.8) is 0 Å². The summed E-state index contributed by atoms with van der Waals surface area (Å²) in [7, 11) is 0. The molecule has 1 heterocycles. The topological polar surface area (TPSA) is 60.8 Å². The maximum Gasteiger partial charge on any atom is 0.337 e. The zero-order valence-corrected chi connectivity index (χ0v) is 11.1. The molecule has 1 aromatic carbocycles. The highest BCUT2D eigenvalue weighted by atomic mass is 16.4. The summed E-state index contributed by atoms with van der Waals surface area (Å²) in [5, 5.41) is 18.1. The van der Waals surface area contributed by atoms with Crippen molar-refractivity contribution < 1.29 is 15.0 Å². The highest BCUT2D eigenvalue weighted by Gasteiger charge is 2.15. The maximum absolute atomic E-state index is 10.7. The Bertz CT molecular complexity index is 410. The van der Waals surface area contributed by atoms with Crippen molar-refractivity contribution >= 4 is 5.97 Å². The molecule has 1 fully saturated rings. The molecule has 1 unspecified atom stereocenters. The summed E-state index contributed by atoms with van der Waals surface area (Å²) in [4.78, 5) is 13.1. The van der Waals surface area contributed by atoms with E-state index in [1.807, 2.05) is 12.1 Å². The number of nitrogens with zero attached hydrogens (tertiary/aromatic N) is 1. The molecule has 4 heteroatoms. The summed E-state index contributed by atoms with van der Waals surface area (Å²) in [5.74, 6) is -1.21. The predicted octanol–water partition coefficient (Wildman–Crippen LogP) is 1.83. The molecule has 0 bridgehead atoms. The van der Waals surface area contributed by atoms with Crippen LogP contribution in [0.25, 0.3) is 0 Å². The Morgan fingerprint density at radius 3 is 2.37 bits per heavy atom. The van der Waals surface area contributed by atoms with Gasteiger partial charge in [0.05, 0.1) is 0 Å². The van der Waals surface area contributed by atoms with Crippen LogP contribution in [0.3, 0.4) is 0 Å². The first-order valence-electron chi connectivity index (χ1n) is 6.89. The number of aliphatic hydroxyl groups excluding tert-OH is 1. The van der Waals surface area contributed by atoms with Crippen LogP contribution in [-0.4, -0.2) is 40.7 Å². The van der Waals surface area contributed by atoms with Gasteiger partial charge in [-0.05, 0) is 43.5 Å². The average molecular weight is 263 g/mol. The molecule has 0 amide bonds. The zero-order valence-electron chi connectivity index (χ0n) is 11.1. The van der Waals surface area contributed by atoms with Crippen LogP contribution >= 0.6 is 0 Å². The predicted molar refractivity (Wildman–Crippen MR) is 73.0 cm³/mol. The number of carbonyl (C=O) groups is 1. The monoisotopic (exact) mass is 263 g/mol. The molecule has 0 aliphatic carbocycles. The molecule has 0 spiro atoms. The molecule has 0 aromatic heterocycles. The average Bonchev–Trinajstić information content (AvgIpc) is 2.46. The third kappa shape index (κ3) is 4.04. The van der Waals surface area contributed by atoms with Crippen molar-refractivity contribution in [1.82, 2.24) is 4.90 Å². The largest absolute Gasteiger partial charge is 0.479 e. The van der Waals surface area contributed by atoms with Crippen molar-refractivity contribution in [1.29, 1.82) is 0 Å². The SMILES string of the molecule is O=C(O)C(O)c1ccc(CCN2CCCCC2)cc1. The van der Waals surface area contributed by atoms with Crippen LogP contribution in [0, 0.1) is 0 Å². The molecule has 19 heavy (non-hydrogen) atoms. The van der Waals surface area contributed by atoms with E-state index in [0.29, 0.717) is 5.56 Å². The molecular weight excluding hydrogens is 242 g/mol. The smallest absolute Gasteiger partial charge is 0.337 e. The summed E-state index contributed by atoms with van der Waals surface area (Å²) in [6, 6.07) is 7.21. The Hall–Kier alpha value is -1.39. The number of hydrogen-bond acceptors (Lipinski definition) is 3. The molecule has 1 aromatic rings. The summed E-state index contributed by atoms with van der Waals surface area (Å²) in [5.41, 5.74) is 1.63. The van der Waals surface area contributed by atoms with Crippen LogP contribution in [0.15, 0.2) is 24.3 Å². The summed E-state index contributed by atoms with van der Waals surface area (Å²) < 4.78 is 0. The number of carboxylic acids is 1. The molecule has 104 valence electrons. The number of likely N-dealkylation sites (tertiary alicyclic amines) is 1. The Morgan fingerprint density at radius 1 is 1.16 bits per heavy atom. The van der Waals surface area contributed by atoms with Crippen LogP contribution in [-0.2, 0) is 11.2 Å². The van der Waals surface area contributed by atoms with Crippen LogP contribution in [0.2, 0.25) is 0 Å². The third-order valence-electron chi connectivity index (χ3n) is 3.69. The highest BCUT2D eigenvalue weighted by molar-refractivity contribution is 5.73. The number of aliphatic hydroxyl groups is 1. The first-order chi connectivity index (χ1) is 9.16. The van der Waals surface area contributed by atoms with Crippen LogP contribution in [0.1, 0.15) is 36.5 Å². The summed E-state index contributed by atoms with van der Waals surface area (Å²) in [6.07, 6.45) is 3.49. The molecule has 2 rings (SSSR count). The zero-order chi connectivity index (χ0) is 13.7. The third-order valence-corrected chi connectivity index (χ3v) is 3.69. The Labute approximate surface area is 113 Å². The first-order valence-corrected chi connectivity index (χ1v) is 6.89. The van der Waals surface area contributed by atoms with E-state index in [9.17, 15) is 9.90 Å². The number of aliphatic carboxylic acids is 1. The van der Waals surface area contributed by atoms with E-state index >= 15 is 0 Å². The van der Waals surface area contributed by atoms with Gasteiger partial charge in [-0.25, -0.2) is 4.79 Å². The lowest BCUT2D eigenvalue weighted by atomic mass is 10.0. The van der Waals surface area contributed by atoms with Gasteiger partial charge in [-0.15, -0.1) is 0 Å². The van der Waals surface area contributed by atoms with Gasteiger partial charge >= 0.3 is 5.97 Å². The quantitative estimate of drug-likeness (QED) is 0.851. The second kappa shape index (κ2) is 6.68. The Balaban J connectivity index is 1.86. The van der Waals surface area contributed by atoms with Crippen LogP contribution in [0.4, 0.5) is 0 Å². The van der Waals surface area contributed by atoms with E-state index < -0.39 is 12.1 Å². The minimum Gasteiger partial charge on any atom is -0.479 e. The van der Waals surface area contributed by atoms with Gasteiger partial charge < -0.3 is 15.1 Å². The lowest BCUT2D eigenvalue weighted by Gasteiger charge is -2.26. The Morgan fingerprint density at radius 2 is 1.79 bits per heavy atom. The van der Waals surface area contributed by atoms with Gasteiger partial charge in [0.15, 0.2) is 6.10 Å². The van der Waals surface area contributed by atoms with Crippen molar-refractivity contribution in [2.24, 2.45) is 0 Å². The molecule has 0 saturated carbocycles. The van der Waals surface area contributed by atoms with Gasteiger partial charge in [0.25, 0.3) is 0 Å². The van der Waals surface area contributed by atoms with Crippen molar-refractivity contribution in [2.75, 3.05) is 19.6 Å². The minimum absolute atomic E-state index is 0.439. The van der Waals surface area contributed by atoms with Gasteiger partial charge in [-0.3, -0.25) is 0 Å². The van der Waals surface area contributed by atoms with Gasteiger partial charge in [-0.1, -0.05) is 30.7 Å². The molecule has 1 aliphatic rings. The molecular formula is C15H21NO3.